The Kier molecular flexibility index (Phi) is 4.49. The maximum absolute atomic E-state index is 11.7. The van der Waals surface area contributed by atoms with Crippen LogP contribution in [0.15, 0.2) is 18.5 Å². The molecular weight excluding hydrogens is 258 g/mol. The van der Waals surface area contributed by atoms with Crippen molar-refractivity contribution < 1.29 is 18.3 Å². The van der Waals surface area contributed by atoms with Crippen LogP contribution in [-0.4, -0.2) is 44.3 Å². The fraction of sp³-hybridized carbons (Fsp3) is 0.400. The smallest absolute Gasteiger partial charge is 0.304 e. The van der Waals surface area contributed by atoms with E-state index in [9.17, 15) is 13.2 Å². The molecule has 0 aliphatic carbocycles. The highest BCUT2D eigenvalue weighted by atomic mass is 32.2. The van der Waals surface area contributed by atoms with Crippen LogP contribution < -0.4 is 9.62 Å². The number of carboxylic acid groups (broad SMARTS) is 1. The van der Waals surface area contributed by atoms with Gasteiger partial charge in [-0.15, -0.1) is 0 Å². The lowest BCUT2D eigenvalue weighted by atomic mass is 10.3. The summed E-state index contributed by atoms with van der Waals surface area (Å²) >= 11 is 0. The van der Waals surface area contributed by atoms with E-state index in [1.54, 1.807) is 31.3 Å². The van der Waals surface area contributed by atoms with Gasteiger partial charge in [-0.1, -0.05) is 0 Å². The summed E-state index contributed by atoms with van der Waals surface area (Å²) < 4.78 is 25.6. The number of nitrogens with one attached hydrogen (secondary N) is 1. The molecule has 0 atom stereocenters. The number of carboxylic acids is 1. The molecule has 7 nitrogen and oxygen atoms in total. The van der Waals surface area contributed by atoms with Crippen molar-refractivity contribution >= 4 is 27.4 Å². The summed E-state index contributed by atoms with van der Waals surface area (Å²) in [5.41, 5.74) is 0.983. The van der Waals surface area contributed by atoms with Gasteiger partial charge in [0.2, 0.25) is 10.0 Å². The normalized spacial score (nSPS) is 11.0. The van der Waals surface area contributed by atoms with Crippen LogP contribution in [0.5, 0.6) is 0 Å². The molecule has 0 bridgehead atoms. The first-order valence-electron chi connectivity index (χ1n) is 5.15. The minimum Gasteiger partial charge on any atom is -0.481 e. The van der Waals surface area contributed by atoms with Crippen molar-refractivity contribution in [3.05, 3.63) is 18.5 Å². The van der Waals surface area contributed by atoms with Crippen molar-refractivity contribution in [1.82, 2.24) is 4.98 Å². The molecule has 1 aromatic heterocycles. The Labute approximate surface area is 106 Å². The Morgan fingerprint density at radius 3 is 2.72 bits per heavy atom. The average molecular weight is 273 g/mol. The van der Waals surface area contributed by atoms with Crippen LogP contribution >= 0.6 is 0 Å². The fourth-order valence-electron chi connectivity index (χ4n) is 1.30. The van der Waals surface area contributed by atoms with Gasteiger partial charge in [0.25, 0.3) is 0 Å². The summed E-state index contributed by atoms with van der Waals surface area (Å²) in [5, 5.41) is 8.47. The molecule has 0 aromatic carbocycles. The number of hydrogen-bond acceptors (Lipinski definition) is 5. The zero-order valence-corrected chi connectivity index (χ0v) is 10.9. The largest absolute Gasteiger partial charge is 0.481 e. The monoisotopic (exact) mass is 273 g/mol. The molecule has 18 heavy (non-hydrogen) atoms. The Hall–Kier alpha value is -1.83. The quantitative estimate of drug-likeness (QED) is 0.776. The maximum Gasteiger partial charge on any atom is 0.304 e. The zero-order valence-electron chi connectivity index (χ0n) is 10.1. The molecule has 0 amide bonds. The number of carbonyl (C=O) groups is 1. The first kappa shape index (κ1) is 14.2. The number of aromatic nitrogens is 1. The molecule has 0 spiro atoms. The van der Waals surface area contributed by atoms with Crippen molar-refractivity contribution in [2.75, 3.05) is 29.5 Å². The summed E-state index contributed by atoms with van der Waals surface area (Å²) in [5.74, 6) is -1.62. The van der Waals surface area contributed by atoms with Gasteiger partial charge in [0.1, 0.15) is 0 Å². The number of anilines is 2. The summed E-state index contributed by atoms with van der Waals surface area (Å²) in [6, 6.07) is 1.66. The van der Waals surface area contributed by atoms with Crippen molar-refractivity contribution in [2.24, 2.45) is 0 Å². The van der Waals surface area contributed by atoms with E-state index >= 15 is 0 Å². The molecule has 2 N–H and O–H groups in total. The van der Waals surface area contributed by atoms with Crippen LogP contribution in [0.2, 0.25) is 0 Å². The molecule has 8 heteroatoms. The lowest BCUT2D eigenvalue weighted by Gasteiger charge is -2.17. The highest BCUT2D eigenvalue weighted by Crippen LogP contribution is 2.23. The lowest BCUT2D eigenvalue weighted by Crippen LogP contribution is -2.21. The van der Waals surface area contributed by atoms with Crippen LogP contribution in [-0.2, 0) is 14.8 Å². The summed E-state index contributed by atoms with van der Waals surface area (Å²) in [6.07, 6.45) is 2.49. The second-order valence-electron chi connectivity index (χ2n) is 3.85. The second kappa shape index (κ2) is 5.67. The summed E-state index contributed by atoms with van der Waals surface area (Å²) in [6.45, 7) is 0. The van der Waals surface area contributed by atoms with Crippen LogP contribution in [0.3, 0.4) is 0 Å². The standard InChI is InChI=1S/C10H15N3O4S/c1-13(2)9-3-5-11-7-8(9)12-18(16,17)6-4-10(14)15/h3,5,7,12H,4,6H2,1-2H3,(H,14,15). The molecule has 100 valence electrons. The van der Waals surface area contributed by atoms with E-state index in [1.807, 2.05) is 0 Å². The molecule has 1 aromatic rings. The highest BCUT2D eigenvalue weighted by molar-refractivity contribution is 7.92. The average Bonchev–Trinajstić information content (AvgIpc) is 2.26. The van der Waals surface area contributed by atoms with Crippen molar-refractivity contribution in [3.8, 4) is 0 Å². The number of sulfonamides is 1. The Morgan fingerprint density at radius 2 is 2.17 bits per heavy atom. The third kappa shape index (κ3) is 4.21. The van der Waals surface area contributed by atoms with E-state index in [0.29, 0.717) is 11.4 Å². The minimum absolute atomic E-state index is 0.327. The fourth-order valence-corrected chi connectivity index (χ4v) is 2.33. The van der Waals surface area contributed by atoms with Gasteiger partial charge >= 0.3 is 5.97 Å². The van der Waals surface area contributed by atoms with Crippen molar-refractivity contribution in [3.63, 3.8) is 0 Å². The van der Waals surface area contributed by atoms with Crippen molar-refractivity contribution in [1.29, 1.82) is 0 Å². The van der Waals surface area contributed by atoms with Gasteiger partial charge in [-0.3, -0.25) is 14.5 Å². The predicted molar refractivity (Wildman–Crippen MR) is 68.2 cm³/mol. The number of rotatable bonds is 6. The van der Waals surface area contributed by atoms with Gasteiger partial charge in [0.05, 0.1) is 29.7 Å². The van der Waals surface area contributed by atoms with E-state index in [-0.39, 0.29) is 0 Å². The van der Waals surface area contributed by atoms with Crippen LogP contribution in [0.4, 0.5) is 11.4 Å². The molecule has 1 heterocycles. The van der Waals surface area contributed by atoms with Crippen LogP contribution in [0, 0.1) is 0 Å². The topological polar surface area (TPSA) is 99.6 Å². The molecule has 0 aliphatic rings. The van der Waals surface area contributed by atoms with Gasteiger partial charge in [-0.05, 0) is 6.07 Å². The van der Waals surface area contributed by atoms with Crippen LogP contribution in [0.1, 0.15) is 6.42 Å². The van der Waals surface area contributed by atoms with Gasteiger partial charge in [-0.2, -0.15) is 0 Å². The van der Waals surface area contributed by atoms with Crippen molar-refractivity contribution in [2.45, 2.75) is 6.42 Å². The summed E-state index contributed by atoms with van der Waals surface area (Å²) in [7, 11) is -0.147. The predicted octanol–water partition coefficient (Wildman–Crippen LogP) is 0.364. The molecule has 0 aliphatic heterocycles. The number of aliphatic carboxylic acids is 1. The Morgan fingerprint density at radius 1 is 1.50 bits per heavy atom. The zero-order chi connectivity index (χ0) is 13.8. The maximum atomic E-state index is 11.7. The van der Waals surface area contributed by atoms with E-state index in [1.165, 1.54) is 6.20 Å². The van der Waals surface area contributed by atoms with Crippen LogP contribution in [0.25, 0.3) is 0 Å². The van der Waals surface area contributed by atoms with Gasteiger partial charge in [-0.25, -0.2) is 8.42 Å². The lowest BCUT2D eigenvalue weighted by molar-refractivity contribution is -0.136. The Balaban J connectivity index is 2.87. The van der Waals surface area contributed by atoms with E-state index in [4.69, 9.17) is 5.11 Å². The van der Waals surface area contributed by atoms with E-state index in [2.05, 4.69) is 9.71 Å². The minimum atomic E-state index is -3.68. The molecule has 0 fully saturated rings. The summed E-state index contributed by atoms with van der Waals surface area (Å²) in [4.78, 5) is 15.9. The van der Waals surface area contributed by atoms with E-state index in [0.717, 1.165) is 0 Å². The van der Waals surface area contributed by atoms with Gasteiger partial charge < -0.3 is 10.0 Å². The van der Waals surface area contributed by atoms with Gasteiger partial charge in [0, 0.05) is 20.3 Å². The second-order valence-corrected chi connectivity index (χ2v) is 5.69. The molecular formula is C10H15N3O4S. The molecule has 0 unspecified atom stereocenters. The molecule has 0 saturated carbocycles. The Bertz CT molecular complexity index is 528. The number of pyridine rings is 1. The first-order valence-corrected chi connectivity index (χ1v) is 6.80. The third-order valence-corrected chi connectivity index (χ3v) is 3.40. The highest BCUT2D eigenvalue weighted by Gasteiger charge is 2.15. The van der Waals surface area contributed by atoms with E-state index < -0.39 is 28.2 Å². The molecule has 0 radical (unpaired) electrons. The molecule has 1 rings (SSSR count). The number of hydrogen-bond donors (Lipinski definition) is 2. The first-order chi connectivity index (χ1) is 8.32. The number of nitrogens with zero attached hydrogens (tertiary/aromatic N) is 2. The SMILES string of the molecule is CN(C)c1ccncc1NS(=O)(=O)CCC(=O)O. The third-order valence-electron chi connectivity index (χ3n) is 2.13. The molecule has 0 saturated heterocycles. The van der Waals surface area contributed by atoms with Gasteiger partial charge in [0.15, 0.2) is 0 Å².